The Morgan fingerprint density at radius 1 is 1.33 bits per heavy atom. The van der Waals surface area contributed by atoms with E-state index in [-0.39, 0.29) is 24.1 Å². The van der Waals surface area contributed by atoms with Crippen LogP contribution in [0, 0.1) is 12.8 Å². The molecule has 0 saturated carbocycles. The van der Waals surface area contributed by atoms with Crippen LogP contribution in [-0.2, 0) is 0 Å². The van der Waals surface area contributed by atoms with Gasteiger partial charge in [0.2, 0.25) is 5.76 Å². The topological polar surface area (TPSA) is 75.4 Å². The number of nitrogens with one attached hydrogen (secondary N) is 1. The smallest absolute Gasteiger partial charge is 0.290 e. The fourth-order valence-electron chi connectivity index (χ4n) is 1.76. The molecule has 0 radical (unpaired) electrons. The van der Waals surface area contributed by atoms with Gasteiger partial charge >= 0.3 is 0 Å². The molecule has 5 heteroatoms. The summed E-state index contributed by atoms with van der Waals surface area (Å²) in [7, 11) is 0. The fourth-order valence-corrected chi connectivity index (χ4v) is 1.76. The van der Waals surface area contributed by atoms with Crippen molar-refractivity contribution in [3.8, 4) is 11.3 Å². The van der Waals surface area contributed by atoms with Gasteiger partial charge in [-0.15, -0.1) is 0 Å². The molecule has 0 fully saturated rings. The normalized spacial score (nSPS) is 12.4. The van der Waals surface area contributed by atoms with Crippen LogP contribution in [0.2, 0.25) is 0 Å². The number of carbonyl (C=O) groups is 1. The lowest BCUT2D eigenvalue weighted by molar-refractivity contribution is 0.0839. The van der Waals surface area contributed by atoms with Crippen LogP contribution in [0.5, 0.6) is 0 Å². The van der Waals surface area contributed by atoms with Gasteiger partial charge in [0, 0.05) is 18.2 Å². The van der Waals surface area contributed by atoms with Crippen molar-refractivity contribution in [2.24, 2.45) is 5.92 Å². The van der Waals surface area contributed by atoms with Crippen LogP contribution in [0.1, 0.15) is 30.0 Å². The van der Waals surface area contributed by atoms with Crippen LogP contribution in [0.25, 0.3) is 11.3 Å². The minimum atomic E-state index is -0.576. The number of amides is 1. The molecule has 21 heavy (non-hydrogen) atoms. The molecule has 2 aromatic rings. The number of benzene rings is 1. The van der Waals surface area contributed by atoms with Crippen LogP contribution < -0.4 is 5.32 Å². The first-order chi connectivity index (χ1) is 9.97. The minimum absolute atomic E-state index is 0.0862. The molecule has 2 rings (SSSR count). The molecular weight excluding hydrogens is 268 g/mol. The van der Waals surface area contributed by atoms with E-state index in [1.807, 2.05) is 45.0 Å². The zero-order chi connectivity index (χ0) is 15.4. The molecule has 0 aliphatic heterocycles. The number of aliphatic hydroxyl groups is 1. The van der Waals surface area contributed by atoms with Gasteiger partial charge in [0.1, 0.15) is 5.69 Å². The summed E-state index contributed by atoms with van der Waals surface area (Å²) in [5.74, 6) is -0.148. The molecule has 2 N–H and O–H groups in total. The van der Waals surface area contributed by atoms with E-state index < -0.39 is 6.10 Å². The zero-order valence-corrected chi connectivity index (χ0v) is 12.5. The molecule has 1 heterocycles. The highest BCUT2D eigenvalue weighted by molar-refractivity contribution is 5.92. The van der Waals surface area contributed by atoms with Crippen molar-refractivity contribution in [1.29, 1.82) is 0 Å². The van der Waals surface area contributed by atoms with Crippen LogP contribution >= 0.6 is 0 Å². The maximum Gasteiger partial charge on any atom is 0.290 e. The van der Waals surface area contributed by atoms with Gasteiger partial charge in [-0.3, -0.25) is 4.79 Å². The summed E-state index contributed by atoms with van der Waals surface area (Å²) in [5, 5.41) is 16.2. The molecule has 1 unspecified atom stereocenters. The van der Waals surface area contributed by atoms with Crippen molar-refractivity contribution < 1.29 is 14.4 Å². The first kappa shape index (κ1) is 15.3. The van der Waals surface area contributed by atoms with Crippen LogP contribution in [0.4, 0.5) is 0 Å². The first-order valence-corrected chi connectivity index (χ1v) is 6.97. The summed E-state index contributed by atoms with van der Waals surface area (Å²) in [6.45, 7) is 5.98. The van der Waals surface area contributed by atoms with Crippen molar-refractivity contribution in [2.45, 2.75) is 26.9 Å². The summed E-state index contributed by atoms with van der Waals surface area (Å²) in [6, 6.07) is 9.40. The van der Waals surface area contributed by atoms with Crippen molar-refractivity contribution in [3.05, 3.63) is 41.7 Å². The van der Waals surface area contributed by atoms with E-state index in [4.69, 9.17) is 4.52 Å². The molecule has 0 spiro atoms. The van der Waals surface area contributed by atoms with Gasteiger partial charge < -0.3 is 14.9 Å². The third kappa shape index (κ3) is 3.92. The highest BCUT2D eigenvalue weighted by Gasteiger charge is 2.16. The number of hydrogen-bond acceptors (Lipinski definition) is 4. The Hall–Kier alpha value is -2.14. The lowest BCUT2D eigenvalue weighted by Crippen LogP contribution is -2.34. The van der Waals surface area contributed by atoms with Gasteiger partial charge in [0.25, 0.3) is 5.91 Å². The molecule has 1 aromatic carbocycles. The number of hydrogen-bond donors (Lipinski definition) is 2. The maximum atomic E-state index is 11.9. The van der Waals surface area contributed by atoms with Crippen molar-refractivity contribution in [1.82, 2.24) is 10.5 Å². The standard InChI is InChI=1S/C16H20N2O3/c1-10(2)14(19)9-17-16(20)15-8-13(18-21-15)12-6-4-11(3)5-7-12/h4-8,10,14,19H,9H2,1-3H3,(H,17,20). The zero-order valence-electron chi connectivity index (χ0n) is 12.5. The SMILES string of the molecule is Cc1ccc(-c2cc(C(=O)NCC(O)C(C)C)on2)cc1. The summed E-state index contributed by atoms with van der Waals surface area (Å²) in [4.78, 5) is 11.9. The van der Waals surface area contributed by atoms with Crippen LogP contribution in [0.15, 0.2) is 34.9 Å². The van der Waals surface area contributed by atoms with E-state index in [9.17, 15) is 9.90 Å². The minimum Gasteiger partial charge on any atom is -0.391 e. The molecule has 0 aliphatic carbocycles. The van der Waals surface area contributed by atoms with Gasteiger partial charge in [-0.25, -0.2) is 0 Å². The Morgan fingerprint density at radius 3 is 2.62 bits per heavy atom. The quantitative estimate of drug-likeness (QED) is 0.886. The Bertz CT molecular complexity index is 602. The van der Waals surface area contributed by atoms with Crippen molar-refractivity contribution in [3.63, 3.8) is 0 Å². The third-order valence-electron chi connectivity index (χ3n) is 3.32. The maximum absolute atomic E-state index is 11.9. The van der Waals surface area contributed by atoms with E-state index >= 15 is 0 Å². The van der Waals surface area contributed by atoms with E-state index in [1.54, 1.807) is 6.07 Å². The lowest BCUT2D eigenvalue weighted by Gasteiger charge is -2.14. The molecule has 0 aliphatic rings. The second-order valence-electron chi connectivity index (χ2n) is 5.46. The highest BCUT2D eigenvalue weighted by atomic mass is 16.5. The Balaban J connectivity index is 2.02. The van der Waals surface area contributed by atoms with Gasteiger partial charge in [0.05, 0.1) is 6.10 Å². The average Bonchev–Trinajstić information content (AvgIpc) is 2.94. The van der Waals surface area contributed by atoms with E-state index in [2.05, 4.69) is 10.5 Å². The summed E-state index contributed by atoms with van der Waals surface area (Å²) in [6.07, 6.45) is -0.576. The molecule has 1 aromatic heterocycles. The van der Waals surface area contributed by atoms with Crippen molar-refractivity contribution in [2.75, 3.05) is 6.54 Å². The summed E-state index contributed by atoms with van der Waals surface area (Å²) < 4.78 is 5.06. The van der Waals surface area contributed by atoms with Gasteiger partial charge in [0.15, 0.2) is 0 Å². The molecule has 1 amide bonds. The molecular formula is C16H20N2O3. The molecule has 112 valence electrons. The predicted octanol–water partition coefficient (Wildman–Crippen LogP) is 2.40. The second-order valence-corrected chi connectivity index (χ2v) is 5.46. The van der Waals surface area contributed by atoms with E-state index in [0.29, 0.717) is 5.69 Å². The molecule has 0 saturated heterocycles. The fraction of sp³-hybridized carbons (Fsp3) is 0.375. The Morgan fingerprint density at radius 2 is 2.00 bits per heavy atom. The molecule has 5 nitrogen and oxygen atoms in total. The second kappa shape index (κ2) is 6.54. The Labute approximate surface area is 124 Å². The van der Waals surface area contributed by atoms with E-state index in [1.165, 1.54) is 0 Å². The third-order valence-corrected chi connectivity index (χ3v) is 3.32. The highest BCUT2D eigenvalue weighted by Crippen LogP contribution is 2.19. The lowest BCUT2D eigenvalue weighted by atomic mass is 10.1. The van der Waals surface area contributed by atoms with Gasteiger partial charge in [-0.1, -0.05) is 48.8 Å². The number of aryl methyl sites for hydroxylation is 1. The number of rotatable bonds is 5. The van der Waals surface area contributed by atoms with Crippen LogP contribution in [-0.4, -0.2) is 28.8 Å². The summed E-state index contributed by atoms with van der Waals surface area (Å²) >= 11 is 0. The monoisotopic (exact) mass is 288 g/mol. The number of aliphatic hydroxyl groups excluding tert-OH is 1. The average molecular weight is 288 g/mol. The molecule has 1 atom stereocenters. The predicted molar refractivity (Wildman–Crippen MR) is 79.9 cm³/mol. The number of nitrogens with zero attached hydrogens (tertiary/aromatic N) is 1. The Kier molecular flexibility index (Phi) is 4.75. The van der Waals surface area contributed by atoms with E-state index in [0.717, 1.165) is 11.1 Å². The van der Waals surface area contributed by atoms with Gasteiger partial charge in [-0.05, 0) is 12.8 Å². The summed E-state index contributed by atoms with van der Waals surface area (Å²) in [5.41, 5.74) is 2.66. The van der Waals surface area contributed by atoms with Gasteiger partial charge in [-0.2, -0.15) is 0 Å². The number of carbonyl (C=O) groups excluding carboxylic acids is 1. The largest absolute Gasteiger partial charge is 0.391 e. The number of aromatic nitrogens is 1. The molecule has 0 bridgehead atoms. The first-order valence-electron chi connectivity index (χ1n) is 6.97. The van der Waals surface area contributed by atoms with Crippen LogP contribution in [0.3, 0.4) is 0 Å². The van der Waals surface area contributed by atoms with Crippen molar-refractivity contribution >= 4 is 5.91 Å².